The molecule has 1 aromatic carbocycles. The highest BCUT2D eigenvalue weighted by atomic mass is 31.3. The Hall–Kier alpha value is -1.31. The van der Waals surface area contributed by atoms with E-state index in [2.05, 4.69) is 14.2 Å². The summed E-state index contributed by atoms with van der Waals surface area (Å²) in [5.41, 5.74) is 2.63. The largest absolute Gasteiger partial charge is 0.481 e. The van der Waals surface area contributed by atoms with E-state index in [1.165, 1.54) is 18.2 Å². The molecule has 0 fully saturated rings. The average Bonchev–Trinajstić information content (AvgIpc) is 2.50. The summed E-state index contributed by atoms with van der Waals surface area (Å²) in [7, 11) is -9.91. The van der Waals surface area contributed by atoms with Crippen LogP contribution in [-0.2, 0) is 18.0 Å². The van der Waals surface area contributed by atoms with Crippen LogP contribution in [0.15, 0.2) is 47.6 Å². The molecule has 4 N–H and O–H groups in total. The van der Waals surface area contributed by atoms with E-state index in [-0.39, 0.29) is 12.4 Å². The van der Waals surface area contributed by atoms with Gasteiger partial charge in [-0.3, -0.25) is 4.52 Å². The van der Waals surface area contributed by atoms with E-state index in [0.717, 1.165) is 17.6 Å². The summed E-state index contributed by atoms with van der Waals surface area (Å²) < 4.78 is 43.0. The minimum absolute atomic E-state index is 0.303. The van der Waals surface area contributed by atoms with Crippen molar-refractivity contribution < 1.29 is 37.0 Å². The topological polar surface area (TPSA) is 125 Å². The first-order valence-corrected chi connectivity index (χ1v) is 11.0. The number of halogens is 1. The Morgan fingerprint density at radius 2 is 1.89 bits per heavy atom. The van der Waals surface area contributed by atoms with Gasteiger partial charge in [0.1, 0.15) is 5.82 Å². The molecule has 11 heteroatoms. The second kappa shape index (κ2) is 10.9. The number of rotatable bonds is 11. The lowest BCUT2D eigenvalue weighted by Crippen LogP contribution is -2.02. The van der Waals surface area contributed by atoms with Gasteiger partial charge in [-0.1, -0.05) is 29.4 Å². The highest BCUT2D eigenvalue weighted by Crippen LogP contribution is 2.57. The Morgan fingerprint density at radius 1 is 1.19 bits per heavy atom. The van der Waals surface area contributed by atoms with Crippen LogP contribution in [-0.4, -0.2) is 27.8 Å². The Balaban J connectivity index is 2.34. The molecule has 1 atom stereocenters. The molecule has 0 saturated carbocycles. The number of phosphoric ester groups is 1. The third-order valence-electron chi connectivity index (χ3n) is 3.31. The van der Waals surface area contributed by atoms with Crippen molar-refractivity contribution in [3.8, 4) is 0 Å². The first kappa shape index (κ1) is 23.7. The van der Waals surface area contributed by atoms with Crippen LogP contribution in [0.1, 0.15) is 26.7 Å². The quantitative estimate of drug-likeness (QED) is 0.309. The monoisotopic (exact) mass is 423 g/mol. The highest BCUT2D eigenvalue weighted by molar-refractivity contribution is 7.60. The highest BCUT2D eigenvalue weighted by Gasteiger charge is 2.31. The van der Waals surface area contributed by atoms with Crippen molar-refractivity contribution in [2.75, 3.05) is 18.5 Å². The Labute approximate surface area is 157 Å². The van der Waals surface area contributed by atoms with Gasteiger partial charge < -0.3 is 20.0 Å². The van der Waals surface area contributed by atoms with Crippen LogP contribution in [0.5, 0.6) is 0 Å². The molecule has 152 valence electrons. The smallest absolute Gasteiger partial charge is 0.381 e. The van der Waals surface area contributed by atoms with Crippen molar-refractivity contribution in [1.29, 1.82) is 0 Å². The fraction of sp³-hybridized carbons (Fsp3) is 0.375. The lowest BCUT2D eigenvalue weighted by Gasteiger charge is -2.11. The summed E-state index contributed by atoms with van der Waals surface area (Å²) >= 11 is 0. The minimum Gasteiger partial charge on any atom is -0.381 e. The van der Waals surface area contributed by atoms with Crippen LogP contribution in [0.4, 0.5) is 10.1 Å². The first-order valence-electron chi connectivity index (χ1n) is 8.02. The molecule has 1 aromatic rings. The van der Waals surface area contributed by atoms with E-state index in [4.69, 9.17) is 14.7 Å². The summed E-state index contributed by atoms with van der Waals surface area (Å²) in [5, 5.41) is 3.11. The van der Waals surface area contributed by atoms with Gasteiger partial charge in [0.25, 0.3) is 0 Å². The standard InChI is InChI=1S/C16H24FNO7P2/c1-13(9-10-24-27(22,23)25-26(19,20)21)5-3-6-14(2)12-18-16-8-4-7-15(17)11-16/h4,6-9,11,18H,3,5,10,12H2,1-2H3,(H,22,23)(H2,19,20,21)/b13-9+,14-6+. The van der Waals surface area contributed by atoms with E-state index in [1.54, 1.807) is 19.1 Å². The van der Waals surface area contributed by atoms with Gasteiger partial charge >= 0.3 is 15.6 Å². The summed E-state index contributed by atoms with van der Waals surface area (Å²) in [6, 6.07) is 6.19. The molecule has 0 aliphatic heterocycles. The number of hydrogen-bond acceptors (Lipinski definition) is 5. The van der Waals surface area contributed by atoms with E-state index >= 15 is 0 Å². The first-order chi connectivity index (χ1) is 12.5. The Morgan fingerprint density at radius 3 is 2.52 bits per heavy atom. The predicted molar refractivity (Wildman–Crippen MR) is 101 cm³/mol. The number of allylic oxidation sites excluding steroid dienone is 2. The van der Waals surface area contributed by atoms with Gasteiger partial charge in [0, 0.05) is 12.2 Å². The fourth-order valence-corrected chi connectivity index (χ4v) is 3.52. The van der Waals surface area contributed by atoms with Crippen molar-refractivity contribution in [1.82, 2.24) is 0 Å². The van der Waals surface area contributed by atoms with Crippen LogP contribution in [0.25, 0.3) is 0 Å². The molecule has 0 heterocycles. The normalized spacial score (nSPS) is 15.5. The third kappa shape index (κ3) is 11.9. The zero-order chi connectivity index (χ0) is 20.5. The molecule has 27 heavy (non-hydrogen) atoms. The van der Waals surface area contributed by atoms with Crippen molar-refractivity contribution in [3.05, 3.63) is 53.4 Å². The van der Waals surface area contributed by atoms with Gasteiger partial charge in [0.15, 0.2) is 0 Å². The van der Waals surface area contributed by atoms with Gasteiger partial charge in [0.2, 0.25) is 0 Å². The SMILES string of the molecule is C/C(=C\COP(=O)(O)OP(=O)(O)O)CC/C=C(\C)CNc1cccc(F)c1. The number of phosphoric acid groups is 2. The van der Waals surface area contributed by atoms with Crippen molar-refractivity contribution in [3.63, 3.8) is 0 Å². The van der Waals surface area contributed by atoms with Crippen LogP contribution < -0.4 is 5.32 Å². The third-order valence-corrected chi connectivity index (χ3v) is 5.46. The molecule has 0 aliphatic rings. The predicted octanol–water partition coefficient (Wildman–Crippen LogP) is 4.14. The van der Waals surface area contributed by atoms with Crippen LogP contribution in [0, 0.1) is 5.82 Å². The molecule has 0 saturated heterocycles. The van der Waals surface area contributed by atoms with E-state index in [0.29, 0.717) is 18.7 Å². The summed E-state index contributed by atoms with van der Waals surface area (Å²) in [6.45, 7) is 3.99. The molecule has 0 bridgehead atoms. The zero-order valence-corrected chi connectivity index (χ0v) is 16.8. The molecule has 1 rings (SSSR count). The molecule has 0 aromatic heterocycles. The lowest BCUT2D eigenvalue weighted by molar-refractivity contribution is 0.191. The second-order valence-electron chi connectivity index (χ2n) is 5.84. The van der Waals surface area contributed by atoms with E-state index in [1.807, 2.05) is 13.0 Å². The Bertz CT molecular complexity index is 776. The van der Waals surface area contributed by atoms with Gasteiger partial charge in [-0.15, -0.1) is 0 Å². The maximum absolute atomic E-state index is 13.1. The van der Waals surface area contributed by atoms with Gasteiger partial charge in [-0.05, 0) is 44.9 Å². The van der Waals surface area contributed by atoms with Crippen LogP contribution in [0.2, 0.25) is 0 Å². The molecular formula is C16H24FNO7P2. The van der Waals surface area contributed by atoms with Crippen molar-refractivity contribution in [2.24, 2.45) is 0 Å². The molecule has 1 unspecified atom stereocenters. The van der Waals surface area contributed by atoms with Crippen molar-refractivity contribution >= 4 is 21.3 Å². The van der Waals surface area contributed by atoms with Gasteiger partial charge in [-0.25, -0.2) is 13.5 Å². The van der Waals surface area contributed by atoms with Gasteiger partial charge in [0.05, 0.1) is 6.61 Å². The maximum atomic E-state index is 13.1. The molecular weight excluding hydrogens is 399 g/mol. The van der Waals surface area contributed by atoms with E-state index < -0.39 is 15.6 Å². The lowest BCUT2D eigenvalue weighted by atomic mass is 10.1. The minimum atomic E-state index is -5.10. The number of benzene rings is 1. The number of anilines is 1. The maximum Gasteiger partial charge on any atom is 0.481 e. The summed E-state index contributed by atoms with van der Waals surface area (Å²) in [4.78, 5) is 26.1. The second-order valence-corrected chi connectivity index (χ2v) is 8.67. The fourth-order valence-electron chi connectivity index (χ4n) is 1.99. The summed E-state index contributed by atoms with van der Waals surface area (Å²) in [6.07, 6.45) is 4.92. The molecule has 0 aliphatic carbocycles. The molecule has 0 spiro atoms. The van der Waals surface area contributed by atoms with Crippen LogP contribution in [0.3, 0.4) is 0 Å². The average molecular weight is 423 g/mol. The van der Waals surface area contributed by atoms with E-state index in [9.17, 15) is 13.5 Å². The number of nitrogens with one attached hydrogen (secondary N) is 1. The Kier molecular flexibility index (Phi) is 9.56. The molecule has 0 radical (unpaired) electrons. The molecule has 0 amide bonds. The molecule has 8 nitrogen and oxygen atoms in total. The number of hydrogen-bond donors (Lipinski definition) is 4. The zero-order valence-electron chi connectivity index (χ0n) is 15.0. The summed E-state index contributed by atoms with van der Waals surface area (Å²) in [5.74, 6) is -0.303. The van der Waals surface area contributed by atoms with Gasteiger partial charge in [-0.2, -0.15) is 4.31 Å². The van der Waals surface area contributed by atoms with Crippen LogP contribution >= 0.6 is 15.6 Å². The van der Waals surface area contributed by atoms with Crippen molar-refractivity contribution in [2.45, 2.75) is 26.7 Å².